The zero-order valence-corrected chi connectivity index (χ0v) is 20.3. The summed E-state index contributed by atoms with van der Waals surface area (Å²) in [5.74, 6) is -3.14. The first kappa shape index (κ1) is 26.5. The van der Waals surface area contributed by atoms with Gasteiger partial charge in [0.05, 0.1) is 12.2 Å². The van der Waals surface area contributed by atoms with Crippen LogP contribution in [0.5, 0.6) is 0 Å². The number of benzene rings is 2. The minimum absolute atomic E-state index is 0.00873. The van der Waals surface area contributed by atoms with E-state index in [-0.39, 0.29) is 47.5 Å². The molecule has 0 radical (unpaired) electrons. The minimum atomic E-state index is -2.23. The fraction of sp³-hybridized carbons (Fsp3) is 0.519. The van der Waals surface area contributed by atoms with E-state index >= 15 is 4.39 Å². The van der Waals surface area contributed by atoms with Gasteiger partial charge in [0.25, 0.3) is 5.91 Å². The molecule has 2 fully saturated rings. The summed E-state index contributed by atoms with van der Waals surface area (Å²) in [5, 5.41) is 13.7. The van der Waals surface area contributed by atoms with E-state index in [2.05, 4.69) is 5.32 Å². The second-order valence-electron chi connectivity index (χ2n) is 10.4. The highest BCUT2D eigenvalue weighted by Gasteiger charge is 2.61. The molecule has 4 atom stereocenters. The number of likely N-dealkylation sites (tertiary alicyclic amines) is 1. The number of amides is 1. The second-order valence-corrected chi connectivity index (χ2v) is 10.4. The van der Waals surface area contributed by atoms with Gasteiger partial charge in [0, 0.05) is 29.6 Å². The number of rotatable bonds is 9. The van der Waals surface area contributed by atoms with Crippen molar-refractivity contribution in [1.29, 1.82) is 0 Å². The van der Waals surface area contributed by atoms with Gasteiger partial charge in [-0.3, -0.25) is 4.79 Å². The molecule has 2 aliphatic rings. The summed E-state index contributed by atoms with van der Waals surface area (Å²) in [7, 11) is 0. The summed E-state index contributed by atoms with van der Waals surface area (Å²) in [5.41, 5.74) is -2.28. The standard InChI is InChI=1S/C27H31F5N2O2/c1-16(29)6-9-33-24-22(34(15-27(24)7-8-27)25(35)26(2,36)14-28)12-17-4-3-5-21(23(17)32)18-10-19(30)13-20(31)11-18/h3-5,10-11,13,16,22,24,33,36H,6-9,12,14-15H2,1-2H3/t16?,22-,24+,26?/m0/s1. The van der Waals surface area contributed by atoms with Gasteiger partial charge in [-0.25, -0.2) is 22.0 Å². The average molecular weight is 511 g/mol. The molecule has 1 heterocycles. The van der Waals surface area contributed by atoms with Crippen LogP contribution < -0.4 is 5.32 Å². The Kier molecular flexibility index (Phi) is 7.44. The maximum atomic E-state index is 15.7. The molecule has 9 heteroatoms. The number of aliphatic hydroxyl groups is 1. The van der Waals surface area contributed by atoms with E-state index in [4.69, 9.17) is 0 Å². The van der Waals surface area contributed by atoms with Gasteiger partial charge in [0.2, 0.25) is 0 Å². The molecule has 4 nitrogen and oxygen atoms in total. The van der Waals surface area contributed by atoms with Crippen LogP contribution in [-0.4, -0.2) is 59.5 Å². The van der Waals surface area contributed by atoms with E-state index in [1.807, 2.05) is 0 Å². The lowest BCUT2D eigenvalue weighted by molar-refractivity contribution is -0.152. The smallest absolute Gasteiger partial charge is 0.257 e. The average Bonchev–Trinajstić information content (AvgIpc) is 3.53. The summed E-state index contributed by atoms with van der Waals surface area (Å²) >= 11 is 0. The van der Waals surface area contributed by atoms with Gasteiger partial charge in [-0.05, 0) is 69.3 Å². The summed E-state index contributed by atoms with van der Waals surface area (Å²) in [6.07, 6.45) is 0.830. The first-order valence-electron chi connectivity index (χ1n) is 12.2. The van der Waals surface area contributed by atoms with Crippen molar-refractivity contribution >= 4 is 5.91 Å². The zero-order valence-electron chi connectivity index (χ0n) is 20.3. The van der Waals surface area contributed by atoms with Crippen LogP contribution in [0.4, 0.5) is 22.0 Å². The van der Waals surface area contributed by atoms with Crippen LogP contribution in [0, 0.1) is 22.9 Å². The van der Waals surface area contributed by atoms with Crippen molar-refractivity contribution in [1.82, 2.24) is 10.2 Å². The molecule has 1 aliphatic heterocycles. The van der Waals surface area contributed by atoms with Gasteiger partial charge < -0.3 is 15.3 Å². The van der Waals surface area contributed by atoms with Crippen molar-refractivity contribution in [3.8, 4) is 11.1 Å². The fourth-order valence-electron chi connectivity index (χ4n) is 5.27. The Balaban J connectivity index is 1.69. The van der Waals surface area contributed by atoms with Gasteiger partial charge in [0.1, 0.15) is 24.1 Å². The molecule has 1 saturated heterocycles. The Bertz CT molecular complexity index is 1100. The highest BCUT2D eigenvalue weighted by Crippen LogP contribution is 2.55. The largest absolute Gasteiger partial charge is 0.378 e. The highest BCUT2D eigenvalue weighted by molar-refractivity contribution is 5.85. The normalized spacial score (nSPS) is 23.1. The zero-order chi connectivity index (χ0) is 26.3. The Hall–Kier alpha value is -2.52. The minimum Gasteiger partial charge on any atom is -0.378 e. The maximum absolute atomic E-state index is 15.7. The van der Waals surface area contributed by atoms with Crippen molar-refractivity contribution in [2.75, 3.05) is 19.8 Å². The molecule has 0 bridgehead atoms. The summed E-state index contributed by atoms with van der Waals surface area (Å²) < 4.78 is 70.2. The number of carbonyl (C=O) groups is 1. The van der Waals surface area contributed by atoms with E-state index in [1.165, 1.54) is 24.0 Å². The molecule has 196 valence electrons. The fourth-order valence-corrected chi connectivity index (χ4v) is 5.27. The Labute approximate surface area is 207 Å². The Morgan fingerprint density at radius 1 is 1.22 bits per heavy atom. The number of hydrogen-bond donors (Lipinski definition) is 2. The van der Waals surface area contributed by atoms with E-state index in [9.17, 15) is 27.5 Å². The van der Waals surface area contributed by atoms with Gasteiger partial charge in [0.15, 0.2) is 5.60 Å². The first-order valence-corrected chi connectivity index (χ1v) is 12.2. The van der Waals surface area contributed by atoms with Gasteiger partial charge in [-0.15, -0.1) is 0 Å². The number of nitrogens with one attached hydrogen (secondary N) is 1. The predicted octanol–water partition coefficient (Wildman–Crippen LogP) is 4.73. The SMILES string of the molecule is CC(F)CCN[C@@H]1[C@H](Cc2cccc(-c3cc(F)cc(F)c3)c2F)N(C(=O)C(C)(O)CF)CC12CC2. The quantitative estimate of drug-likeness (QED) is 0.480. The molecule has 1 amide bonds. The molecule has 2 N–H and O–H groups in total. The molecular formula is C27H31F5N2O2. The summed E-state index contributed by atoms with van der Waals surface area (Å²) in [6.45, 7) is 1.90. The molecule has 2 aromatic carbocycles. The van der Waals surface area contributed by atoms with E-state index in [0.29, 0.717) is 12.6 Å². The first-order chi connectivity index (χ1) is 17.0. The van der Waals surface area contributed by atoms with Gasteiger partial charge >= 0.3 is 0 Å². The number of carbonyl (C=O) groups excluding carboxylic acids is 1. The van der Waals surface area contributed by atoms with Crippen LogP contribution in [0.25, 0.3) is 11.1 Å². The molecule has 1 saturated carbocycles. The van der Waals surface area contributed by atoms with Crippen LogP contribution in [-0.2, 0) is 11.2 Å². The van der Waals surface area contributed by atoms with Crippen molar-refractivity contribution in [2.24, 2.45) is 5.41 Å². The van der Waals surface area contributed by atoms with E-state index < -0.39 is 47.8 Å². The monoisotopic (exact) mass is 510 g/mol. The molecule has 36 heavy (non-hydrogen) atoms. The topological polar surface area (TPSA) is 52.6 Å². The van der Waals surface area contributed by atoms with E-state index in [1.54, 1.807) is 6.07 Å². The predicted molar refractivity (Wildman–Crippen MR) is 126 cm³/mol. The Morgan fingerprint density at radius 3 is 2.47 bits per heavy atom. The van der Waals surface area contributed by atoms with Gasteiger partial charge in [-0.1, -0.05) is 18.2 Å². The highest BCUT2D eigenvalue weighted by atomic mass is 19.1. The number of halogens is 5. The molecule has 4 rings (SSSR count). The van der Waals surface area contributed by atoms with Crippen LogP contribution >= 0.6 is 0 Å². The molecule has 2 unspecified atom stereocenters. The molecular weight excluding hydrogens is 479 g/mol. The lowest BCUT2D eigenvalue weighted by Gasteiger charge is -2.33. The van der Waals surface area contributed by atoms with Crippen LogP contribution in [0.2, 0.25) is 0 Å². The number of alkyl halides is 2. The second kappa shape index (κ2) is 10.1. The summed E-state index contributed by atoms with van der Waals surface area (Å²) in [6, 6.07) is 6.34. The maximum Gasteiger partial charge on any atom is 0.257 e. The van der Waals surface area contributed by atoms with E-state index in [0.717, 1.165) is 31.9 Å². The lowest BCUT2D eigenvalue weighted by Crippen LogP contribution is -2.54. The van der Waals surface area contributed by atoms with Crippen molar-refractivity contribution in [3.05, 3.63) is 59.4 Å². The van der Waals surface area contributed by atoms with Crippen molar-refractivity contribution in [3.63, 3.8) is 0 Å². The van der Waals surface area contributed by atoms with Gasteiger partial charge in [-0.2, -0.15) is 0 Å². The summed E-state index contributed by atoms with van der Waals surface area (Å²) in [4.78, 5) is 14.6. The van der Waals surface area contributed by atoms with Crippen molar-refractivity contribution < 1.29 is 31.9 Å². The number of nitrogens with zero attached hydrogens (tertiary/aromatic N) is 1. The lowest BCUT2D eigenvalue weighted by atomic mass is 9.90. The van der Waals surface area contributed by atoms with Crippen molar-refractivity contribution in [2.45, 2.75) is 63.4 Å². The third-order valence-corrected chi connectivity index (χ3v) is 7.39. The molecule has 1 spiro atoms. The Morgan fingerprint density at radius 2 is 1.89 bits per heavy atom. The molecule has 1 aliphatic carbocycles. The third-order valence-electron chi connectivity index (χ3n) is 7.39. The molecule has 2 aromatic rings. The van der Waals surface area contributed by atoms with Crippen LogP contribution in [0.1, 0.15) is 38.7 Å². The number of hydrogen-bond acceptors (Lipinski definition) is 3. The molecule has 0 aromatic heterocycles. The third kappa shape index (κ3) is 5.27. The van der Waals surface area contributed by atoms with Crippen LogP contribution in [0.15, 0.2) is 36.4 Å². The van der Waals surface area contributed by atoms with Crippen LogP contribution in [0.3, 0.4) is 0 Å².